The molecule has 2 aromatic carbocycles. The molecule has 0 aliphatic carbocycles. The summed E-state index contributed by atoms with van der Waals surface area (Å²) < 4.78 is 32.1. The molecule has 140 valence electrons. The van der Waals surface area contributed by atoms with Crippen molar-refractivity contribution in [2.24, 2.45) is 0 Å². The third kappa shape index (κ3) is 3.92. The molecule has 8 heteroatoms. The number of hydrogen-bond donors (Lipinski definition) is 0. The third-order valence-corrected chi connectivity index (χ3v) is 4.83. The smallest absolute Gasteiger partial charge is 0.464 e. The number of Topliss-reactive ketones (excluding diaryl/α,β-unsaturated/α-hetero) is 2. The summed E-state index contributed by atoms with van der Waals surface area (Å²) in [6.07, 6.45) is 3.06. The van der Waals surface area contributed by atoms with Gasteiger partial charge in [-0.05, 0) is 48.5 Å². The maximum atomic E-state index is 12.2. The van der Waals surface area contributed by atoms with Crippen molar-refractivity contribution in [2.45, 2.75) is 0 Å². The van der Waals surface area contributed by atoms with E-state index in [-0.39, 0.29) is 11.6 Å². The first-order valence-electron chi connectivity index (χ1n) is 8.34. The van der Waals surface area contributed by atoms with Gasteiger partial charge in [-0.3, -0.25) is 9.59 Å². The largest absolute Gasteiger partial charge is 0.698 e. The van der Waals surface area contributed by atoms with Crippen LogP contribution < -0.4 is 0 Å². The molecule has 0 aliphatic heterocycles. The highest BCUT2D eigenvalue weighted by atomic mass is 31.1. The maximum Gasteiger partial charge on any atom is 0.698 e. The Morgan fingerprint density at radius 1 is 0.750 bits per heavy atom. The van der Waals surface area contributed by atoms with Gasteiger partial charge >= 0.3 is 8.25 Å². The Hall–Kier alpha value is -3.12. The zero-order valence-corrected chi connectivity index (χ0v) is 15.4. The van der Waals surface area contributed by atoms with Crippen LogP contribution >= 0.6 is 8.25 Å². The molecule has 0 unspecified atom stereocenters. The molecule has 0 fully saturated rings. The normalized spacial score (nSPS) is 11.1. The lowest BCUT2D eigenvalue weighted by molar-refractivity contribution is 0.0877. The highest BCUT2D eigenvalue weighted by Gasteiger charge is 2.25. The lowest BCUT2D eigenvalue weighted by atomic mass is 10.1. The number of carbonyl (C=O) groups excluding carboxylic acids is 2. The van der Waals surface area contributed by atoms with Crippen molar-refractivity contribution in [3.05, 3.63) is 72.2 Å². The predicted octanol–water partition coefficient (Wildman–Crippen LogP) is 4.94. The zero-order valence-electron chi connectivity index (χ0n) is 14.5. The molecule has 0 aliphatic rings. The molecule has 2 aromatic heterocycles. The van der Waals surface area contributed by atoms with E-state index < -0.39 is 21.5 Å². The Balaban J connectivity index is 1.29. The first-order valence-corrected chi connectivity index (χ1v) is 9.44. The van der Waals surface area contributed by atoms with Crippen molar-refractivity contribution in [2.75, 3.05) is 13.2 Å². The van der Waals surface area contributed by atoms with Crippen LogP contribution in [0.4, 0.5) is 0 Å². The Morgan fingerprint density at radius 3 is 1.68 bits per heavy atom. The van der Waals surface area contributed by atoms with Gasteiger partial charge in [0.2, 0.25) is 0 Å². The van der Waals surface area contributed by atoms with Gasteiger partial charge in [-0.2, -0.15) is 0 Å². The quantitative estimate of drug-likeness (QED) is 0.307. The van der Waals surface area contributed by atoms with Crippen LogP contribution in [-0.2, 0) is 13.6 Å². The van der Waals surface area contributed by atoms with Crippen LogP contribution in [0.2, 0.25) is 0 Å². The van der Waals surface area contributed by atoms with E-state index in [1.54, 1.807) is 48.5 Å². The number of hydrogen-bond acceptors (Lipinski definition) is 7. The fourth-order valence-electron chi connectivity index (χ4n) is 2.71. The molecule has 4 aromatic rings. The highest BCUT2D eigenvalue weighted by Crippen LogP contribution is 2.25. The van der Waals surface area contributed by atoms with E-state index in [1.807, 2.05) is 0 Å². The van der Waals surface area contributed by atoms with Gasteiger partial charge in [0.05, 0.1) is 12.5 Å². The van der Waals surface area contributed by atoms with Crippen LogP contribution in [0, 0.1) is 0 Å². The molecule has 28 heavy (non-hydrogen) atoms. The molecular formula is C20H14O7P+. The van der Waals surface area contributed by atoms with Gasteiger partial charge in [-0.25, -0.2) is 0 Å². The summed E-state index contributed by atoms with van der Waals surface area (Å²) in [5.74, 6) is -0.710. The number of rotatable bonds is 8. The predicted molar refractivity (Wildman–Crippen MR) is 101 cm³/mol. The van der Waals surface area contributed by atoms with Gasteiger partial charge < -0.3 is 8.83 Å². The second-order valence-corrected chi connectivity index (χ2v) is 6.93. The van der Waals surface area contributed by atoms with Gasteiger partial charge in [-0.1, -0.05) is 0 Å². The second-order valence-electron chi connectivity index (χ2n) is 5.96. The lowest BCUT2D eigenvalue weighted by Crippen LogP contribution is -2.09. The molecule has 4 rings (SSSR count). The Labute approximate surface area is 159 Å². The Kier molecular flexibility index (Phi) is 5.12. The Morgan fingerprint density at radius 2 is 1.21 bits per heavy atom. The van der Waals surface area contributed by atoms with E-state index in [2.05, 4.69) is 0 Å². The molecule has 0 spiro atoms. The zero-order chi connectivity index (χ0) is 19.5. The van der Waals surface area contributed by atoms with Gasteiger partial charge in [0.1, 0.15) is 11.2 Å². The van der Waals surface area contributed by atoms with Crippen molar-refractivity contribution >= 4 is 41.8 Å². The van der Waals surface area contributed by atoms with Crippen LogP contribution in [-0.4, -0.2) is 24.8 Å². The van der Waals surface area contributed by atoms with Crippen LogP contribution in [0.15, 0.2) is 69.9 Å². The summed E-state index contributed by atoms with van der Waals surface area (Å²) in [6.45, 7) is -0.846. The summed E-state index contributed by atoms with van der Waals surface area (Å²) in [5, 5.41) is 1.57. The van der Waals surface area contributed by atoms with Crippen LogP contribution in [0.25, 0.3) is 21.9 Å². The molecule has 7 nitrogen and oxygen atoms in total. The van der Waals surface area contributed by atoms with Crippen molar-refractivity contribution in [1.82, 2.24) is 0 Å². The average Bonchev–Trinajstić information content (AvgIpc) is 3.37. The highest BCUT2D eigenvalue weighted by molar-refractivity contribution is 7.33. The van der Waals surface area contributed by atoms with Crippen LogP contribution in [0.1, 0.15) is 20.7 Å². The molecule has 2 heterocycles. The molecule has 0 amide bonds. The van der Waals surface area contributed by atoms with Crippen LogP contribution in [0.3, 0.4) is 0 Å². The van der Waals surface area contributed by atoms with Crippen molar-refractivity contribution in [1.29, 1.82) is 0 Å². The van der Waals surface area contributed by atoms with E-state index in [1.165, 1.54) is 12.5 Å². The average molecular weight is 397 g/mol. The number of furan rings is 2. The molecule has 0 saturated heterocycles. The minimum atomic E-state index is -2.61. The number of carbonyl (C=O) groups is 2. The molecule has 0 bridgehead atoms. The molecule has 0 atom stereocenters. The first kappa shape index (κ1) is 18.3. The van der Waals surface area contributed by atoms with Gasteiger partial charge in [0, 0.05) is 26.5 Å². The summed E-state index contributed by atoms with van der Waals surface area (Å²) >= 11 is 0. The number of benzene rings is 2. The topological polar surface area (TPSA) is 96.0 Å². The van der Waals surface area contributed by atoms with E-state index in [0.29, 0.717) is 22.3 Å². The molecule has 0 N–H and O–H groups in total. The van der Waals surface area contributed by atoms with Crippen molar-refractivity contribution < 1.29 is 32.0 Å². The third-order valence-electron chi connectivity index (χ3n) is 4.15. The molecular weight excluding hydrogens is 383 g/mol. The van der Waals surface area contributed by atoms with Gasteiger partial charge in [-0.15, -0.1) is 9.05 Å². The first-order chi connectivity index (χ1) is 13.6. The van der Waals surface area contributed by atoms with E-state index >= 15 is 0 Å². The standard InChI is InChI=1S/C20H14O7P/c21-17(13-1-3-19-15(9-13)5-7-24-19)11-26-28(23)27-12-18(22)14-2-4-20-16(10-14)6-8-25-20/h1-10H,11-12H2/q+1. The van der Waals surface area contributed by atoms with E-state index in [4.69, 9.17) is 17.9 Å². The summed E-state index contributed by atoms with van der Waals surface area (Å²) in [5.41, 5.74) is 2.14. The fraction of sp³-hybridized carbons (Fsp3) is 0.100. The molecule has 0 saturated carbocycles. The summed E-state index contributed by atoms with van der Waals surface area (Å²) in [7, 11) is -2.61. The minimum absolute atomic E-state index is 0.355. The SMILES string of the molecule is O=C(CO[P+](=O)OCC(=O)c1ccc2occc2c1)c1ccc2occc2c1. The lowest BCUT2D eigenvalue weighted by Gasteiger charge is -1.98. The monoisotopic (exact) mass is 397 g/mol. The van der Waals surface area contributed by atoms with E-state index in [9.17, 15) is 14.2 Å². The number of fused-ring (bicyclic) bond motifs is 2. The number of ketones is 2. The summed E-state index contributed by atoms with van der Waals surface area (Å²) in [6, 6.07) is 13.3. The van der Waals surface area contributed by atoms with E-state index in [0.717, 1.165) is 10.8 Å². The fourth-order valence-corrected chi connectivity index (χ4v) is 3.23. The summed E-state index contributed by atoms with van der Waals surface area (Å²) in [4.78, 5) is 24.3. The Bertz CT molecular complexity index is 1100. The minimum Gasteiger partial charge on any atom is -0.464 e. The van der Waals surface area contributed by atoms with Crippen LogP contribution in [0.5, 0.6) is 0 Å². The maximum absolute atomic E-state index is 12.2. The van der Waals surface area contributed by atoms with Gasteiger partial charge in [0.25, 0.3) is 0 Å². The van der Waals surface area contributed by atoms with Crippen molar-refractivity contribution in [3.63, 3.8) is 0 Å². The van der Waals surface area contributed by atoms with Crippen molar-refractivity contribution in [3.8, 4) is 0 Å². The second kappa shape index (κ2) is 7.86. The van der Waals surface area contributed by atoms with Gasteiger partial charge in [0.15, 0.2) is 24.8 Å². The molecule has 0 radical (unpaired) electrons.